The van der Waals surface area contributed by atoms with Crippen LogP contribution in [0.5, 0.6) is 5.75 Å². The zero-order valence-electron chi connectivity index (χ0n) is 13.6. The second-order valence-corrected chi connectivity index (χ2v) is 6.02. The first-order chi connectivity index (χ1) is 11.6. The van der Waals surface area contributed by atoms with Crippen LogP contribution >= 0.6 is 0 Å². The third-order valence-corrected chi connectivity index (χ3v) is 4.17. The van der Waals surface area contributed by atoms with Crippen LogP contribution in [-0.4, -0.2) is 53.9 Å². The minimum atomic E-state index is -0.932. The first-order valence-electron chi connectivity index (χ1n) is 7.99. The first-order valence-corrected chi connectivity index (χ1v) is 7.99. The van der Waals surface area contributed by atoms with E-state index in [0.717, 1.165) is 29.9 Å². The number of aliphatic hydroxyl groups excluding tert-OH is 2. The van der Waals surface area contributed by atoms with E-state index in [-0.39, 0.29) is 19.1 Å². The van der Waals surface area contributed by atoms with Crippen molar-refractivity contribution in [3.63, 3.8) is 0 Å². The molecule has 0 saturated carbocycles. The number of aliphatic hydroxyl groups is 2. The van der Waals surface area contributed by atoms with E-state index in [4.69, 9.17) is 9.84 Å². The molecule has 2 aromatic rings. The number of hydrogen-bond donors (Lipinski definition) is 2. The molecule has 126 valence electrons. The van der Waals surface area contributed by atoms with Crippen LogP contribution in [0.4, 0.5) is 0 Å². The van der Waals surface area contributed by atoms with Crippen molar-refractivity contribution in [3.8, 4) is 16.9 Å². The summed E-state index contributed by atoms with van der Waals surface area (Å²) in [4.78, 5) is 13.9. The SMILES string of the molecule is CN(C[C@H](O)CO)C(=O)c1cccc(-c2ccc3c(c2)CCO3)c1. The van der Waals surface area contributed by atoms with Crippen molar-refractivity contribution in [2.45, 2.75) is 12.5 Å². The van der Waals surface area contributed by atoms with Gasteiger partial charge in [0.25, 0.3) is 5.91 Å². The molecule has 2 aromatic carbocycles. The van der Waals surface area contributed by atoms with E-state index in [1.807, 2.05) is 30.3 Å². The van der Waals surface area contributed by atoms with Crippen LogP contribution in [0.1, 0.15) is 15.9 Å². The maximum Gasteiger partial charge on any atom is 0.253 e. The number of amides is 1. The van der Waals surface area contributed by atoms with Gasteiger partial charge in [0.15, 0.2) is 0 Å². The summed E-state index contributed by atoms with van der Waals surface area (Å²) in [5.41, 5.74) is 3.75. The van der Waals surface area contributed by atoms with E-state index in [0.29, 0.717) is 5.56 Å². The lowest BCUT2D eigenvalue weighted by atomic mass is 10.00. The first kappa shape index (κ1) is 16.5. The highest BCUT2D eigenvalue weighted by atomic mass is 16.5. The van der Waals surface area contributed by atoms with E-state index < -0.39 is 6.10 Å². The van der Waals surface area contributed by atoms with Gasteiger partial charge in [-0.3, -0.25) is 4.79 Å². The molecule has 1 aliphatic rings. The fourth-order valence-electron chi connectivity index (χ4n) is 2.88. The lowest BCUT2D eigenvalue weighted by Crippen LogP contribution is -2.35. The van der Waals surface area contributed by atoms with Crippen LogP contribution in [0.3, 0.4) is 0 Å². The van der Waals surface area contributed by atoms with Crippen molar-refractivity contribution in [3.05, 3.63) is 53.6 Å². The molecule has 0 spiro atoms. The van der Waals surface area contributed by atoms with Crippen molar-refractivity contribution in [1.29, 1.82) is 0 Å². The summed E-state index contributed by atoms with van der Waals surface area (Å²) in [7, 11) is 1.61. The summed E-state index contributed by atoms with van der Waals surface area (Å²) in [6.45, 7) is 0.444. The lowest BCUT2D eigenvalue weighted by Gasteiger charge is -2.20. The predicted molar refractivity (Wildman–Crippen MR) is 91.1 cm³/mol. The average molecular weight is 327 g/mol. The van der Waals surface area contributed by atoms with Gasteiger partial charge in [-0.15, -0.1) is 0 Å². The van der Waals surface area contributed by atoms with Gasteiger partial charge in [0.1, 0.15) is 5.75 Å². The molecule has 0 aromatic heterocycles. The van der Waals surface area contributed by atoms with E-state index in [1.165, 1.54) is 10.5 Å². The zero-order chi connectivity index (χ0) is 17.1. The summed E-state index contributed by atoms with van der Waals surface area (Å²) < 4.78 is 5.53. The Hall–Kier alpha value is -2.37. The quantitative estimate of drug-likeness (QED) is 0.877. The molecular formula is C19H21NO4. The molecule has 5 heteroatoms. The Morgan fingerprint density at radius 1 is 1.25 bits per heavy atom. The van der Waals surface area contributed by atoms with Crippen LogP contribution in [-0.2, 0) is 6.42 Å². The van der Waals surface area contributed by atoms with E-state index in [2.05, 4.69) is 6.07 Å². The van der Waals surface area contributed by atoms with Gasteiger partial charge in [0, 0.05) is 25.6 Å². The highest BCUT2D eigenvalue weighted by molar-refractivity contribution is 5.95. The number of nitrogens with zero attached hydrogens (tertiary/aromatic N) is 1. The number of rotatable bonds is 5. The Bertz CT molecular complexity index is 744. The minimum Gasteiger partial charge on any atom is -0.493 e. The standard InChI is InChI=1S/C19H21NO4/c1-20(11-17(22)12-21)19(23)16-4-2-3-13(10-16)14-5-6-18-15(9-14)7-8-24-18/h2-6,9-10,17,21-22H,7-8,11-12H2,1H3/t17-/m0/s1. The van der Waals surface area contributed by atoms with Crippen molar-refractivity contribution in [1.82, 2.24) is 4.90 Å². The Kier molecular flexibility index (Phi) is 4.83. The molecule has 0 fully saturated rings. The van der Waals surface area contributed by atoms with Crippen molar-refractivity contribution in [2.75, 3.05) is 26.8 Å². The Labute approximate surface area is 141 Å². The van der Waals surface area contributed by atoms with E-state index in [1.54, 1.807) is 13.1 Å². The molecule has 1 amide bonds. The summed E-state index contributed by atoms with van der Waals surface area (Å²) in [5.74, 6) is 0.748. The summed E-state index contributed by atoms with van der Waals surface area (Å²) in [6.07, 6.45) is -0.0253. The summed E-state index contributed by atoms with van der Waals surface area (Å²) in [5, 5.41) is 18.4. The second kappa shape index (κ2) is 7.03. The van der Waals surface area contributed by atoms with Gasteiger partial charge in [-0.05, 0) is 41.0 Å². The van der Waals surface area contributed by atoms with Crippen LogP contribution in [0.2, 0.25) is 0 Å². The molecule has 0 bridgehead atoms. The fraction of sp³-hybridized carbons (Fsp3) is 0.316. The summed E-state index contributed by atoms with van der Waals surface area (Å²) in [6, 6.07) is 13.5. The largest absolute Gasteiger partial charge is 0.493 e. The van der Waals surface area contributed by atoms with Gasteiger partial charge in [0.05, 0.1) is 19.3 Å². The maximum absolute atomic E-state index is 12.5. The van der Waals surface area contributed by atoms with Gasteiger partial charge in [-0.2, -0.15) is 0 Å². The number of carbonyl (C=O) groups excluding carboxylic acids is 1. The average Bonchev–Trinajstić information content (AvgIpc) is 3.08. The molecule has 0 saturated heterocycles. The molecule has 1 aliphatic heterocycles. The molecular weight excluding hydrogens is 306 g/mol. The smallest absolute Gasteiger partial charge is 0.253 e. The molecule has 0 aliphatic carbocycles. The monoisotopic (exact) mass is 327 g/mol. The highest BCUT2D eigenvalue weighted by Gasteiger charge is 2.16. The normalized spacial score (nSPS) is 14.0. The van der Waals surface area contributed by atoms with Gasteiger partial charge < -0.3 is 19.8 Å². The van der Waals surface area contributed by atoms with Crippen molar-refractivity contribution < 1.29 is 19.7 Å². The third-order valence-electron chi connectivity index (χ3n) is 4.17. The Morgan fingerprint density at radius 2 is 2.04 bits per heavy atom. The van der Waals surface area contributed by atoms with Gasteiger partial charge >= 0.3 is 0 Å². The van der Waals surface area contributed by atoms with Crippen molar-refractivity contribution >= 4 is 5.91 Å². The molecule has 1 atom stereocenters. The molecule has 0 radical (unpaired) electrons. The molecule has 0 unspecified atom stereocenters. The highest BCUT2D eigenvalue weighted by Crippen LogP contribution is 2.30. The van der Waals surface area contributed by atoms with E-state index >= 15 is 0 Å². The van der Waals surface area contributed by atoms with E-state index in [9.17, 15) is 9.90 Å². The number of likely N-dealkylation sites (N-methyl/N-ethyl adjacent to an activating group) is 1. The summed E-state index contributed by atoms with van der Waals surface area (Å²) >= 11 is 0. The Balaban J connectivity index is 1.82. The molecule has 2 N–H and O–H groups in total. The van der Waals surface area contributed by atoms with Crippen LogP contribution < -0.4 is 4.74 Å². The number of carbonyl (C=O) groups is 1. The third kappa shape index (κ3) is 3.42. The molecule has 24 heavy (non-hydrogen) atoms. The molecule has 3 rings (SSSR count). The zero-order valence-corrected chi connectivity index (χ0v) is 13.6. The molecule has 5 nitrogen and oxygen atoms in total. The van der Waals surface area contributed by atoms with Crippen molar-refractivity contribution in [2.24, 2.45) is 0 Å². The number of ether oxygens (including phenoxy) is 1. The Morgan fingerprint density at radius 3 is 2.83 bits per heavy atom. The molecule has 1 heterocycles. The lowest BCUT2D eigenvalue weighted by molar-refractivity contribution is 0.0520. The van der Waals surface area contributed by atoms with Gasteiger partial charge in [0.2, 0.25) is 0 Å². The van der Waals surface area contributed by atoms with Gasteiger partial charge in [-0.25, -0.2) is 0 Å². The number of fused-ring (bicyclic) bond motifs is 1. The topological polar surface area (TPSA) is 70.0 Å². The second-order valence-electron chi connectivity index (χ2n) is 6.02. The predicted octanol–water partition coefficient (Wildman–Crippen LogP) is 1.71. The number of benzene rings is 2. The fourth-order valence-corrected chi connectivity index (χ4v) is 2.88. The maximum atomic E-state index is 12.5. The number of hydrogen-bond acceptors (Lipinski definition) is 4. The van der Waals surface area contributed by atoms with Crippen LogP contribution in [0, 0.1) is 0 Å². The van der Waals surface area contributed by atoms with Crippen LogP contribution in [0.25, 0.3) is 11.1 Å². The van der Waals surface area contributed by atoms with Crippen LogP contribution in [0.15, 0.2) is 42.5 Å². The van der Waals surface area contributed by atoms with Gasteiger partial charge in [-0.1, -0.05) is 18.2 Å². The minimum absolute atomic E-state index is 0.0930.